The van der Waals surface area contributed by atoms with Gasteiger partial charge in [-0.15, -0.1) is 0 Å². The zero-order chi connectivity index (χ0) is 7.98. The summed E-state index contributed by atoms with van der Waals surface area (Å²) in [4.78, 5) is 14.7. The Hall–Kier alpha value is -0.810. The van der Waals surface area contributed by atoms with Crippen molar-refractivity contribution in [1.82, 2.24) is 5.48 Å². The summed E-state index contributed by atoms with van der Waals surface area (Å²) in [5, 5.41) is 0. The van der Waals surface area contributed by atoms with Crippen LogP contribution in [-0.2, 0) is 9.57 Å². The summed E-state index contributed by atoms with van der Waals surface area (Å²) in [5.41, 5.74) is 6.71. The van der Waals surface area contributed by atoms with Gasteiger partial charge in [0.05, 0.1) is 6.61 Å². The van der Waals surface area contributed by atoms with Crippen LogP contribution in [0.15, 0.2) is 0 Å². The van der Waals surface area contributed by atoms with E-state index < -0.39 is 6.03 Å². The summed E-state index contributed by atoms with van der Waals surface area (Å²) in [6.07, 6.45) is -0.183. The Kier molecular flexibility index (Phi) is 4.61. The molecule has 5 heteroatoms. The van der Waals surface area contributed by atoms with Gasteiger partial charge in [0.25, 0.3) is 0 Å². The normalized spacial score (nSPS) is 12.6. The van der Waals surface area contributed by atoms with Crippen molar-refractivity contribution in [1.29, 1.82) is 0 Å². The lowest BCUT2D eigenvalue weighted by Gasteiger charge is -2.09. The smallest absolute Gasteiger partial charge is 0.336 e. The molecule has 1 atom stereocenters. The Bertz CT molecular complexity index is 107. The van der Waals surface area contributed by atoms with Crippen LogP contribution in [-0.4, -0.2) is 25.9 Å². The first-order valence-corrected chi connectivity index (χ1v) is 2.87. The predicted molar refractivity (Wildman–Crippen MR) is 35.1 cm³/mol. The number of carbonyl (C=O) groups excluding carboxylic acids is 1. The van der Waals surface area contributed by atoms with E-state index in [4.69, 9.17) is 15.3 Å². The fraction of sp³-hybridized carbons (Fsp3) is 0.800. The number of primary amides is 1. The van der Waals surface area contributed by atoms with E-state index in [0.717, 1.165) is 0 Å². The topological polar surface area (TPSA) is 73.6 Å². The van der Waals surface area contributed by atoms with Crippen LogP contribution in [0.1, 0.15) is 6.92 Å². The number of hydrogen-bond acceptors (Lipinski definition) is 3. The van der Waals surface area contributed by atoms with Crippen LogP contribution in [0.2, 0.25) is 0 Å². The van der Waals surface area contributed by atoms with E-state index in [0.29, 0.717) is 6.61 Å². The van der Waals surface area contributed by atoms with Crippen LogP contribution in [0, 0.1) is 0 Å². The number of urea groups is 1. The minimum atomic E-state index is -0.706. The molecule has 1 unspecified atom stereocenters. The van der Waals surface area contributed by atoms with Crippen molar-refractivity contribution in [3.63, 3.8) is 0 Å². The summed E-state index contributed by atoms with van der Waals surface area (Å²) in [5.74, 6) is 0. The van der Waals surface area contributed by atoms with E-state index in [-0.39, 0.29) is 6.10 Å². The third-order valence-electron chi connectivity index (χ3n) is 0.762. The fourth-order valence-corrected chi connectivity index (χ4v) is 0.427. The summed E-state index contributed by atoms with van der Waals surface area (Å²) in [6.45, 7) is 2.17. The highest BCUT2D eigenvalue weighted by molar-refractivity contribution is 5.70. The number of ether oxygens (including phenoxy) is 1. The first-order chi connectivity index (χ1) is 4.66. The molecule has 10 heavy (non-hydrogen) atoms. The average Bonchev–Trinajstić information content (AvgIpc) is 1.85. The van der Waals surface area contributed by atoms with Crippen molar-refractivity contribution in [3.8, 4) is 0 Å². The van der Waals surface area contributed by atoms with Crippen molar-refractivity contribution in [2.75, 3.05) is 13.7 Å². The predicted octanol–water partition coefficient (Wildman–Crippen LogP) is -0.379. The first kappa shape index (κ1) is 9.19. The van der Waals surface area contributed by atoms with Crippen LogP contribution < -0.4 is 11.2 Å². The molecule has 2 amide bonds. The molecule has 0 fully saturated rings. The fourth-order valence-electron chi connectivity index (χ4n) is 0.427. The number of nitrogens with two attached hydrogens (primary N) is 1. The second-order valence-corrected chi connectivity index (χ2v) is 1.85. The van der Waals surface area contributed by atoms with Crippen LogP contribution in [0.25, 0.3) is 0 Å². The maximum Gasteiger partial charge on any atom is 0.336 e. The molecule has 0 saturated heterocycles. The van der Waals surface area contributed by atoms with Crippen LogP contribution in [0.5, 0.6) is 0 Å². The molecule has 0 spiro atoms. The van der Waals surface area contributed by atoms with Gasteiger partial charge in [0.2, 0.25) is 0 Å². The van der Waals surface area contributed by atoms with Crippen LogP contribution in [0.4, 0.5) is 4.79 Å². The van der Waals surface area contributed by atoms with Gasteiger partial charge in [-0.2, -0.15) is 0 Å². The third kappa shape index (κ3) is 5.33. The van der Waals surface area contributed by atoms with Crippen LogP contribution >= 0.6 is 0 Å². The largest absolute Gasteiger partial charge is 0.382 e. The number of carbonyl (C=O) groups is 1. The molecule has 0 aliphatic rings. The molecule has 0 rings (SSSR count). The lowest BCUT2D eigenvalue weighted by molar-refractivity contribution is -0.0308. The molecule has 60 valence electrons. The molecule has 0 radical (unpaired) electrons. The van der Waals surface area contributed by atoms with Gasteiger partial charge in [-0.05, 0) is 6.92 Å². The van der Waals surface area contributed by atoms with Gasteiger partial charge < -0.3 is 10.5 Å². The molecule has 0 heterocycles. The Morgan fingerprint density at radius 1 is 1.80 bits per heavy atom. The molecule has 0 aromatic rings. The number of amides is 2. The van der Waals surface area contributed by atoms with Crippen molar-refractivity contribution >= 4 is 6.03 Å². The summed E-state index contributed by atoms with van der Waals surface area (Å²) in [7, 11) is 1.55. The molecule has 0 aliphatic carbocycles. The first-order valence-electron chi connectivity index (χ1n) is 2.87. The molecule has 0 aromatic carbocycles. The molecular weight excluding hydrogens is 136 g/mol. The van der Waals surface area contributed by atoms with E-state index in [1.54, 1.807) is 14.0 Å². The van der Waals surface area contributed by atoms with Gasteiger partial charge in [-0.1, -0.05) is 0 Å². The minimum absolute atomic E-state index is 0.183. The van der Waals surface area contributed by atoms with Gasteiger partial charge in [-0.25, -0.2) is 10.3 Å². The SMILES string of the molecule is COCC(C)ONC(N)=O. The van der Waals surface area contributed by atoms with Gasteiger partial charge >= 0.3 is 6.03 Å². The van der Waals surface area contributed by atoms with Gasteiger partial charge in [0, 0.05) is 7.11 Å². The van der Waals surface area contributed by atoms with Crippen molar-refractivity contribution in [2.24, 2.45) is 5.73 Å². The highest BCUT2D eigenvalue weighted by Crippen LogP contribution is 1.85. The van der Waals surface area contributed by atoms with Crippen molar-refractivity contribution in [2.45, 2.75) is 13.0 Å². The molecule has 0 saturated carbocycles. The van der Waals surface area contributed by atoms with E-state index in [1.807, 2.05) is 5.48 Å². The maximum absolute atomic E-state index is 10.1. The van der Waals surface area contributed by atoms with Gasteiger partial charge in [-0.3, -0.25) is 4.84 Å². The zero-order valence-electron chi connectivity index (χ0n) is 6.09. The second-order valence-electron chi connectivity index (χ2n) is 1.85. The van der Waals surface area contributed by atoms with E-state index in [2.05, 4.69) is 0 Å². The van der Waals surface area contributed by atoms with E-state index in [1.165, 1.54) is 0 Å². The monoisotopic (exact) mass is 148 g/mol. The number of rotatable bonds is 4. The number of hydrogen-bond donors (Lipinski definition) is 2. The van der Waals surface area contributed by atoms with Gasteiger partial charge in [0.1, 0.15) is 6.10 Å². The Labute approximate surface area is 59.4 Å². The summed E-state index contributed by atoms with van der Waals surface area (Å²) < 4.78 is 4.72. The molecule has 0 aliphatic heterocycles. The zero-order valence-corrected chi connectivity index (χ0v) is 6.09. The standard InChI is InChI=1S/C5H12N2O3/c1-4(3-9-2)10-7-5(6)8/h4H,3H2,1-2H3,(H3,6,7,8). The van der Waals surface area contributed by atoms with Crippen molar-refractivity contribution in [3.05, 3.63) is 0 Å². The van der Waals surface area contributed by atoms with Gasteiger partial charge in [0.15, 0.2) is 0 Å². The van der Waals surface area contributed by atoms with E-state index in [9.17, 15) is 4.79 Å². The molecule has 0 bridgehead atoms. The highest BCUT2D eigenvalue weighted by atomic mass is 16.7. The second kappa shape index (κ2) is 5.01. The average molecular weight is 148 g/mol. The lowest BCUT2D eigenvalue weighted by Crippen LogP contribution is -2.34. The van der Waals surface area contributed by atoms with Crippen LogP contribution in [0.3, 0.4) is 0 Å². The number of nitrogens with one attached hydrogen (secondary N) is 1. The molecule has 0 aromatic heterocycles. The number of methoxy groups -OCH3 is 1. The number of hydroxylamine groups is 1. The van der Waals surface area contributed by atoms with Crippen molar-refractivity contribution < 1.29 is 14.4 Å². The highest BCUT2D eigenvalue weighted by Gasteiger charge is 2.01. The minimum Gasteiger partial charge on any atom is -0.382 e. The maximum atomic E-state index is 10.1. The Morgan fingerprint density at radius 2 is 2.40 bits per heavy atom. The Balaban J connectivity index is 3.21. The quantitative estimate of drug-likeness (QED) is 0.534. The Morgan fingerprint density at radius 3 is 2.80 bits per heavy atom. The summed E-state index contributed by atoms with van der Waals surface area (Å²) in [6, 6.07) is -0.706. The molecule has 3 N–H and O–H groups in total. The molecule has 5 nitrogen and oxygen atoms in total. The molecular formula is C5H12N2O3. The summed E-state index contributed by atoms with van der Waals surface area (Å²) >= 11 is 0. The lowest BCUT2D eigenvalue weighted by atomic mass is 10.4. The van der Waals surface area contributed by atoms with E-state index >= 15 is 0 Å². The third-order valence-corrected chi connectivity index (χ3v) is 0.762.